The number of nitrogens with one attached hydrogen (secondary N) is 1. The summed E-state index contributed by atoms with van der Waals surface area (Å²) >= 11 is 0. The van der Waals surface area contributed by atoms with Crippen LogP contribution in [0.1, 0.15) is 11.3 Å². The zero-order chi connectivity index (χ0) is 13.1. The van der Waals surface area contributed by atoms with Gasteiger partial charge in [-0.05, 0) is 29.8 Å². The lowest BCUT2D eigenvalue weighted by atomic mass is 10.2. The van der Waals surface area contributed by atoms with E-state index in [1.807, 2.05) is 30.3 Å². The summed E-state index contributed by atoms with van der Waals surface area (Å²) in [5.41, 5.74) is 2.35. The number of hydrogen-bond donors (Lipinski definition) is 1. The molecule has 0 saturated heterocycles. The standard InChI is InChI=1S/C14H11N3O2/c15-7-12-6-11(3-4-16-12)17-8-10-1-2-13-14(5-10)19-9-18-13/h1-6H,8-9H2,(H,16,17). The van der Waals surface area contributed by atoms with Crippen molar-refractivity contribution in [2.24, 2.45) is 0 Å². The molecule has 0 atom stereocenters. The van der Waals surface area contributed by atoms with Gasteiger partial charge in [0.25, 0.3) is 0 Å². The van der Waals surface area contributed by atoms with E-state index in [2.05, 4.69) is 10.3 Å². The van der Waals surface area contributed by atoms with E-state index in [0.29, 0.717) is 12.2 Å². The fraction of sp³-hybridized carbons (Fsp3) is 0.143. The molecule has 0 fully saturated rings. The van der Waals surface area contributed by atoms with Gasteiger partial charge >= 0.3 is 0 Å². The lowest BCUT2D eigenvalue weighted by Gasteiger charge is -2.07. The molecule has 1 aromatic carbocycles. The van der Waals surface area contributed by atoms with Gasteiger partial charge in [0.05, 0.1) is 0 Å². The van der Waals surface area contributed by atoms with Crippen LogP contribution in [0, 0.1) is 11.3 Å². The van der Waals surface area contributed by atoms with Gasteiger partial charge in [-0.15, -0.1) is 0 Å². The van der Waals surface area contributed by atoms with Crippen molar-refractivity contribution >= 4 is 5.69 Å². The van der Waals surface area contributed by atoms with Gasteiger partial charge in [0.1, 0.15) is 11.8 Å². The number of aromatic nitrogens is 1. The Balaban J connectivity index is 1.70. The summed E-state index contributed by atoms with van der Waals surface area (Å²) in [6, 6.07) is 11.4. The summed E-state index contributed by atoms with van der Waals surface area (Å²) in [6.07, 6.45) is 1.61. The van der Waals surface area contributed by atoms with Crippen LogP contribution in [0.5, 0.6) is 11.5 Å². The second kappa shape index (κ2) is 4.86. The Morgan fingerprint density at radius 2 is 2.11 bits per heavy atom. The normalized spacial score (nSPS) is 11.9. The first-order chi connectivity index (χ1) is 9.35. The highest BCUT2D eigenvalue weighted by Crippen LogP contribution is 2.32. The summed E-state index contributed by atoms with van der Waals surface area (Å²) in [6.45, 7) is 0.924. The highest BCUT2D eigenvalue weighted by atomic mass is 16.7. The highest BCUT2D eigenvalue weighted by molar-refractivity contribution is 5.48. The number of pyridine rings is 1. The van der Waals surface area contributed by atoms with Gasteiger partial charge in [-0.1, -0.05) is 6.07 Å². The van der Waals surface area contributed by atoms with Crippen LogP contribution in [0.4, 0.5) is 5.69 Å². The van der Waals surface area contributed by atoms with Crippen LogP contribution in [0.2, 0.25) is 0 Å². The van der Waals surface area contributed by atoms with E-state index in [1.54, 1.807) is 12.3 Å². The molecule has 19 heavy (non-hydrogen) atoms. The van der Waals surface area contributed by atoms with Crippen LogP contribution in [-0.2, 0) is 6.54 Å². The fourth-order valence-corrected chi connectivity index (χ4v) is 1.86. The van der Waals surface area contributed by atoms with Crippen molar-refractivity contribution < 1.29 is 9.47 Å². The van der Waals surface area contributed by atoms with Gasteiger partial charge < -0.3 is 14.8 Å². The molecule has 0 unspecified atom stereocenters. The van der Waals surface area contributed by atoms with Crippen molar-refractivity contribution in [3.8, 4) is 17.6 Å². The topological polar surface area (TPSA) is 67.2 Å². The minimum atomic E-state index is 0.280. The molecule has 2 aromatic rings. The molecule has 3 rings (SSSR count). The molecule has 0 aliphatic carbocycles. The SMILES string of the molecule is N#Cc1cc(NCc2ccc3c(c2)OCO3)ccn1. The molecular weight excluding hydrogens is 242 g/mol. The quantitative estimate of drug-likeness (QED) is 0.909. The monoisotopic (exact) mass is 253 g/mol. The third-order valence-electron chi connectivity index (χ3n) is 2.81. The van der Waals surface area contributed by atoms with Crippen LogP contribution in [-0.4, -0.2) is 11.8 Å². The third-order valence-corrected chi connectivity index (χ3v) is 2.81. The molecule has 5 heteroatoms. The average Bonchev–Trinajstić information content (AvgIpc) is 2.93. The Morgan fingerprint density at radius 1 is 1.21 bits per heavy atom. The van der Waals surface area contributed by atoms with Crippen molar-refractivity contribution in [3.05, 3.63) is 47.8 Å². The van der Waals surface area contributed by atoms with Crippen molar-refractivity contribution in [3.63, 3.8) is 0 Å². The number of hydrogen-bond acceptors (Lipinski definition) is 5. The predicted molar refractivity (Wildman–Crippen MR) is 68.8 cm³/mol. The lowest BCUT2D eigenvalue weighted by Crippen LogP contribution is -2.00. The van der Waals surface area contributed by atoms with Gasteiger partial charge in [-0.25, -0.2) is 4.98 Å². The molecule has 0 bridgehead atoms. The van der Waals surface area contributed by atoms with Crippen LogP contribution in [0.3, 0.4) is 0 Å². The molecule has 1 aliphatic rings. The summed E-state index contributed by atoms with van der Waals surface area (Å²) in [5, 5.41) is 12.0. The summed E-state index contributed by atoms with van der Waals surface area (Å²) in [7, 11) is 0. The minimum absolute atomic E-state index is 0.280. The van der Waals surface area contributed by atoms with Crippen molar-refractivity contribution in [1.82, 2.24) is 4.98 Å². The first-order valence-electron chi connectivity index (χ1n) is 5.84. The first kappa shape index (κ1) is 11.4. The number of rotatable bonds is 3. The molecule has 1 aromatic heterocycles. The Bertz CT molecular complexity index is 649. The number of benzene rings is 1. The Hall–Kier alpha value is -2.74. The lowest BCUT2D eigenvalue weighted by molar-refractivity contribution is 0.174. The predicted octanol–water partition coefficient (Wildman–Crippen LogP) is 2.29. The van der Waals surface area contributed by atoms with Gasteiger partial charge in [0, 0.05) is 18.4 Å². The van der Waals surface area contributed by atoms with Crippen LogP contribution in [0.25, 0.3) is 0 Å². The zero-order valence-corrected chi connectivity index (χ0v) is 10.1. The number of ether oxygens (including phenoxy) is 2. The number of fused-ring (bicyclic) bond motifs is 1. The highest BCUT2D eigenvalue weighted by Gasteiger charge is 2.12. The van der Waals surface area contributed by atoms with E-state index in [1.165, 1.54) is 0 Å². The fourth-order valence-electron chi connectivity index (χ4n) is 1.86. The maximum Gasteiger partial charge on any atom is 0.231 e. The Labute approximate surface area is 110 Å². The summed E-state index contributed by atoms with van der Waals surface area (Å²) < 4.78 is 10.6. The molecule has 0 radical (unpaired) electrons. The first-order valence-corrected chi connectivity index (χ1v) is 5.84. The summed E-state index contributed by atoms with van der Waals surface area (Å²) in [5.74, 6) is 1.55. The Kier molecular flexibility index (Phi) is 2.91. The molecule has 5 nitrogen and oxygen atoms in total. The third kappa shape index (κ3) is 2.43. The van der Waals surface area contributed by atoms with Crippen LogP contribution in [0.15, 0.2) is 36.5 Å². The van der Waals surface area contributed by atoms with Gasteiger partial charge in [0.2, 0.25) is 6.79 Å². The molecule has 94 valence electrons. The number of nitrogens with zero attached hydrogens (tertiary/aromatic N) is 2. The molecule has 1 N–H and O–H groups in total. The molecular formula is C14H11N3O2. The van der Waals surface area contributed by atoms with Crippen molar-refractivity contribution in [2.75, 3.05) is 12.1 Å². The molecule has 2 heterocycles. The maximum atomic E-state index is 8.78. The van der Waals surface area contributed by atoms with Crippen molar-refractivity contribution in [2.45, 2.75) is 6.54 Å². The largest absolute Gasteiger partial charge is 0.454 e. The smallest absolute Gasteiger partial charge is 0.231 e. The maximum absolute atomic E-state index is 8.78. The molecule has 0 amide bonds. The van der Waals surface area contributed by atoms with E-state index in [-0.39, 0.29) is 6.79 Å². The van der Waals surface area contributed by atoms with E-state index in [0.717, 1.165) is 22.7 Å². The molecule has 0 spiro atoms. The Morgan fingerprint density at radius 3 is 3.00 bits per heavy atom. The van der Waals surface area contributed by atoms with Crippen molar-refractivity contribution in [1.29, 1.82) is 5.26 Å². The van der Waals surface area contributed by atoms with E-state index >= 15 is 0 Å². The zero-order valence-electron chi connectivity index (χ0n) is 10.1. The van der Waals surface area contributed by atoms with Gasteiger partial charge in [0.15, 0.2) is 11.5 Å². The number of nitriles is 1. The van der Waals surface area contributed by atoms with Crippen LogP contribution >= 0.6 is 0 Å². The van der Waals surface area contributed by atoms with E-state index in [9.17, 15) is 0 Å². The molecule has 0 saturated carbocycles. The van der Waals surface area contributed by atoms with E-state index < -0.39 is 0 Å². The van der Waals surface area contributed by atoms with E-state index in [4.69, 9.17) is 14.7 Å². The van der Waals surface area contributed by atoms with Gasteiger partial charge in [-0.3, -0.25) is 0 Å². The van der Waals surface area contributed by atoms with Gasteiger partial charge in [-0.2, -0.15) is 5.26 Å². The van der Waals surface area contributed by atoms with Crippen LogP contribution < -0.4 is 14.8 Å². The minimum Gasteiger partial charge on any atom is -0.454 e. The average molecular weight is 253 g/mol. The molecule has 1 aliphatic heterocycles. The second-order valence-corrected chi connectivity index (χ2v) is 4.08. The summed E-state index contributed by atoms with van der Waals surface area (Å²) in [4.78, 5) is 3.92. The number of anilines is 1. The second-order valence-electron chi connectivity index (χ2n) is 4.08.